The molecule has 3 fully saturated rings. The van der Waals surface area contributed by atoms with Crippen LogP contribution in [-0.4, -0.2) is 54.1 Å². The summed E-state index contributed by atoms with van der Waals surface area (Å²) < 4.78 is 58.0. The molecule has 3 aliphatic rings. The van der Waals surface area contributed by atoms with Crippen molar-refractivity contribution in [2.24, 2.45) is 0 Å². The number of fused-ring (bicyclic) bond motifs is 8. The molecule has 0 aromatic rings. The van der Waals surface area contributed by atoms with Crippen LogP contribution in [0.4, 0.5) is 0 Å². The van der Waals surface area contributed by atoms with E-state index in [0.717, 1.165) is 0 Å². The first-order valence-corrected chi connectivity index (χ1v) is 9.99. The fraction of sp³-hybridized carbons (Fsp3) is 1.00. The van der Waals surface area contributed by atoms with Crippen LogP contribution in [0.15, 0.2) is 0 Å². The van der Waals surface area contributed by atoms with Crippen LogP contribution in [0.2, 0.25) is 0 Å². The van der Waals surface area contributed by atoms with Crippen LogP contribution in [-0.2, 0) is 35.9 Å². The summed E-state index contributed by atoms with van der Waals surface area (Å²) in [5, 5.41) is 0. The third kappa shape index (κ3) is 4.98. The Labute approximate surface area is 114 Å². The van der Waals surface area contributed by atoms with E-state index in [1.807, 2.05) is 4.90 Å². The molecule has 0 aliphatic carbocycles. The summed E-state index contributed by atoms with van der Waals surface area (Å²) in [7, 11) is -14.3. The SMILES string of the molecule is O=P(O)(O)OP1(=O)OCCN2CCOP(=O)(OCC2)O1. The van der Waals surface area contributed by atoms with Gasteiger partial charge in [0.25, 0.3) is 0 Å². The van der Waals surface area contributed by atoms with Crippen LogP contribution in [0.5, 0.6) is 0 Å². The summed E-state index contributed by atoms with van der Waals surface area (Å²) in [5.41, 5.74) is 0. The van der Waals surface area contributed by atoms with Crippen molar-refractivity contribution < 1.29 is 45.7 Å². The van der Waals surface area contributed by atoms with Crippen LogP contribution in [0, 0.1) is 0 Å². The molecule has 1 unspecified atom stereocenters. The Hall–Kier alpha value is 0.370. The molecule has 1 atom stereocenters. The Kier molecular flexibility index (Phi) is 5.22. The van der Waals surface area contributed by atoms with Gasteiger partial charge >= 0.3 is 23.5 Å². The summed E-state index contributed by atoms with van der Waals surface area (Å²) in [6.45, 7) is 0.931. The molecule has 0 amide bonds. The average molecular weight is 353 g/mol. The molecule has 0 aromatic carbocycles. The van der Waals surface area contributed by atoms with E-state index in [0.29, 0.717) is 13.1 Å². The van der Waals surface area contributed by atoms with Crippen molar-refractivity contribution in [2.45, 2.75) is 0 Å². The summed E-state index contributed by atoms with van der Waals surface area (Å²) in [6.07, 6.45) is 0. The highest BCUT2D eigenvalue weighted by Gasteiger charge is 2.46. The smallest absolute Gasteiger partial charge is 0.302 e. The van der Waals surface area contributed by atoms with E-state index >= 15 is 0 Å². The monoisotopic (exact) mass is 353 g/mol. The molecule has 3 rings (SSSR count). The molecule has 0 spiro atoms. The van der Waals surface area contributed by atoms with E-state index in [1.54, 1.807) is 0 Å². The first kappa shape index (κ1) is 16.7. The minimum Gasteiger partial charge on any atom is -0.302 e. The molecule has 3 aliphatic heterocycles. The number of phosphoric acid groups is 3. The van der Waals surface area contributed by atoms with Gasteiger partial charge in [0.15, 0.2) is 0 Å². The van der Waals surface area contributed by atoms with Crippen molar-refractivity contribution in [2.75, 3.05) is 39.5 Å². The van der Waals surface area contributed by atoms with Gasteiger partial charge in [-0.05, 0) is 0 Å². The highest BCUT2D eigenvalue weighted by atomic mass is 31.3. The van der Waals surface area contributed by atoms with Crippen LogP contribution in [0.25, 0.3) is 0 Å². The summed E-state index contributed by atoms with van der Waals surface area (Å²) >= 11 is 0. The Morgan fingerprint density at radius 3 is 2.00 bits per heavy atom. The standard InChI is InChI=1S/C6H14NO10P3/c8-18(9,10)16-20(12)15-6-3-7-1-4-13-19(11,17-20)14-5-2-7/h1-6H2,(H2,8,9,10). The second-order valence-electron chi connectivity index (χ2n) is 3.89. The molecule has 0 saturated carbocycles. The molecule has 14 heteroatoms. The van der Waals surface area contributed by atoms with E-state index in [1.165, 1.54) is 0 Å². The molecule has 20 heavy (non-hydrogen) atoms. The van der Waals surface area contributed by atoms with Crippen molar-refractivity contribution >= 4 is 23.5 Å². The fourth-order valence-electron chi connectivity index (χ4n) is 1.58. The predicted octanol–water partition coefficient (Wildman–Crippen LogP) is 0.707. The van der Waals surface area contributed by atoms with Crippen molar-refractivity contribution in [3.8, 4) is 0 Å². The van der Waals surface area contributed by atoms with Crippen LogP contribution < -0.4 is 0 Å². The molecule has 2 N–H and O–H groups in total. The summed E-state index contributed by atoms with van der Waals surface area (Å²) in [5.74, 6) is 0. The van der Waals surface area contributed by atoms with Crippen LogP contribution in [0.3, 0.4) is 0 Å². The van der Waals surface area contributed by atoms with Gasteiger partial charge < -0.3 is 9.79 Å². The van der Waals surface area contributed by atoms with E-state index in [4.69, 9.17) is 23.4 Å². The van der Waals surface area contributed by atoms with Gasteiger partial charge in [0, 0.05) is 19.6 Å². The molecule has 2 bridgehead atoms. The van der Waals surface area contributed by atoms with Gasteiger partial charge in [-0.2, -0.15) is 8.62 Å². The topological polar surface area (TPSA) is 141 Å². The Morgan fingerprint density at radius 2 is 1.50 bits per heavy atom. The Bertz CT molecular complexity index is 475. The minimum atomic E-state index is -5.18. The lowest BCUT2D eigenvalue weighted by molar-refractivity contribution is 0.0589. The molecule has 0 radical (unpaired) electrons. The van der Waals surface area contributed by atoms with Crippen molar-refractivity contribution in [1.29, 1.82) is 0 Å². The normalized spacial score (nSPS) is 40.2. The summed E-state index contributed by atoms with van der Waals surface area (Å²) in [4.78, 5) is 19.2. The molecule has 11 nitrogen and oxygen atoms in total. The lowest BCUT2D eigenvalue weighted by Crippen LogP contribution is -2.36. The first-order valence-electron chi connectivity index (χ1n) is 5.54. The maximum absolute atomic E-state index is 12.1. The second-order valence-corrected chi connectivity index (χ2v) is 8.74. The number of nitrogens with zero attached hydrogens (tertiary/aromatic N) is 1. The first-order chi connectivity index (χ1) is 9.20. The Morgan fingerprint density at radius 1 is 1.00 bits per heavy atom. The zero-order valence-corrected chi connectivity index (χ0v) is 12.9. The maximum atomic E-state index is 12.1. The third-order valence-electron chi connectivity index (χ3n) is 2.38. The highest BCUT2D eigenvalue weighted by molar-refractivity contribution is 7.67. The highest BCUT2D eigenvalue weighted by Crippen LogP contribution is 2.70. The minimum absolute atomic E-state index is 0.0206. The average Bonchev–Trinajstić information content (AvgIpc) is 2.22. The quantitative estimate of drug-likeness (QED) is 0.678. The molecular formula is C6H14NO10P3. The van der Waals surface area contributed by atoms with E-state index in [9.17, 15) is 13.7 Å². The number of rotatable bonds is 2. The van der Waals surface area contributed by atoms with Gasteiger partial charge in [-0.1, -0.05) is 0 Å². The maximum Gasteiger partial charge on any atom is 0.492 e. The van der Waals surface area contributed by atoms with E-state index in [-0.39, 0.29) is 26.4 Å². The third-order valence-corrected chi connectivity index (χ3v) is 7.12. The summed E-state index contributed by atoms with van der Waals surface area (Å²) in [6, 6.07) is 0. The van der Waals surface area contributed by atoms with E-state index < -0.39 is 23.5 Å². The zero-order valence-electron chi connectivity index (χ0n) is 10.2. The predicted molar refractivity (Wildman–Crippen MR) is 63.7 cm³/mol. The zero-order chi connectivity index (χ0) is 14.9. The van der Waals surface area contributed by atoms with E-state index in [2.05, 4.69) is 8.62 Å². The molecule has 3 heterocycles. The van der Waals surface area contributed by atoms with Gasteiger partial charge in [-0.15, -0.1) is 0 Å². The van der Waals surface area contributed by atoms with Crippen molar-refractivity contribution in [3.63, 3.8) is 0 Å². The number of hydrogen-bond acceptors (Lipinski definition) is 9. The second kappa shape index (κ2) is 6.24. The largest absolute Gasteiger partial charge is 0.492 e. The van der Waals surface area contributed by atoms with Crippen LogP contribution in [0.1, 0.15) is 0 Å². The van der Waals surface area contributed by atoms with Crippen molar-refractivity contribution in [1.82, 2.24) is 4.90 Å². The number of hydrogen-bond donors (Lipinski definition) is 2. The van der Waals surface area contributed by atoms with Gasteiger partial charge in [0.05, 0.1) is 19.8 Å². The fourth-order valence-corrected chi connectivity index (χ4v) is 5.73. The molecular weight excluding hydrogens is 339 g/mol. The number of phosphoric ester groups is 1. The van der Waals surface area contributed by atoms with Gasteiger partial charge in [0.1, 0.15) is 0 Å². The molecule has 0 aromatic heterocycles. The lowest BCUT2D eigenvalue weighted by Gasteiger charge is -2.31. The van der Waals surface area contributed by atoms with Gasteiger partial charge in [-0.25, -0.2) is 13.7 Å². The Balaban J connectivity index is 2.24. The van der Waals surface area contributed by atoms with Crippen LogP contribution >= 0.6 is 23.5 Å². The lowest BCUT2D eigenvalue weighted by atomic mass is 10.4. The molecule has 3 saturated heterocycles. The van der Waals surface area contributed by atoms with Gasteiger partial charge in [-0.3, -0.25) is 18.5 Å². The van der Waals surface area contributed by atoms with Crippen molar-refractivity contribution in [3.05, 3.63) is 0 Å². The molecule has 118 valence electrons. The van der Waals surface area contributed by atoms with Gasteiger partial charge in [0.2, 0.25) is 0 Å².